The Balaban J connectivity index is 2.03. The lowest BCUT2D eigenvalue weighted by Crippen LogP contribution is -2.41. The van der Waals surface area contributed by atoms with Gasteiger partial charge in [0.05, 0.1) is 11.5 Å². The number of aliphatic carboxylic acids is 1. The minimum Gasteiger partial charge on any atom is -0.481 e. The van der Waals surface area contributed by atoms with Gasteiger partial charge in [-0.2, -0.15) is 0 Å². The Labute approximate surface area is 170 Å². The molecule has 1 aliphatic rings. The van der Waals surface area contributed by atoms with E-state index in [0.29, 0.717) is 19.4 Å². The van der Waals surface area contributed by atoms with Crippen LogP contribution in [0.15, 0.2) is 30.3 Å². The van der Waals surface area contributed by atoms with Crippen molar-refractivity contribution < 1.29 is 19.1 Å². The number of amides is 1. The molecule has 1 heterocycles. The van der Waals surface area contributed by atoms with Gasteiger partial charge in [-0.05, 0) is 43.5 Å². The zero-order chi connectivity index (χ0) is 21.2. The van der Waals surface area contributed by atoms with Crippen LogP contribution in [0.3, 0.4) is 0 Å². The number of carboxylic acids is 1. The Hall–Kier alpha value is -1.66. The SMILES string of the molecule is C[C@H](c1ccccc1)N1C[C@@](CCCO[Si](C)(C)C(C)(C)C)(C(=O)O)CC1=O. The second-order valence-corrected chi connectivity index (χ2v) is 14.4. The van der Waals surface area contributed by atoms with Gasteiger partial charge >= 0.3 is 5.97 Å². The van der Waals surface area contributed by atoms with Crippen LogP contribution in [0.25, 0.3) is 0 Å². The summed E-state index contributed by atoms with van der Waals surface area (Å²) in [6.45, 7) is 13.7. The predicted molar refractivity (Wildman–Crippen MR) is 114 cm³/mol. The van der Waals surface area contributed by atoms with Crippen molar-refractivity contribution in [2.24, 2.45) is 5.41 Å². The topological polar surface area (TPSA) is 66.8 Å². The minimum atomic E-state index is -1.85. The van der Waals surface area contributed by atoms with Gasteiger partial charge in [-0.1, -0.05) is 51.1 Å². The molecule has 5 nitrogen and oxygen atoms in total. The number of nitrogens with zero attached hydrogens (tertiary/aromatic N) is 1. The maximum Gasteiger partial charge on any atom is 0.311 e. The summed E-state index contributed by atoms with van der Waals surface area (Å²) in [5.41, 5.74) is 0.00925. The van der Waals surface area contributed by atoms with Gasteiger partial charge in [-0.3, -0.25) is 9.59 Å². The molecule has 0 bridgehead atoms. The summed E-state index contributed by atoms with van der Waals surface area (Å²) in [5, 5.41) is 10.1. The highest BCUT2D eigenvalue weighted by Gasteiger charge is 2.50. The van der Waals surface area contributed by atoms with E-state index in [1.807, 2.05) is 37.3 Å². The summed E-state index contributed by atoms with van der Waals surface area (Å²) in [5.74, 6) is -0.958. The van der Waals surface area contributed by atoms with Crippen molar-refractivity contribution in [2.75, 3.05) is 13.2 Å². The first-order valence-electron chi connectivity index (χ1n) is 10.1. The van der Waals surface area contributed by atoms with E-state index in [4.69, 9.17) is 4.43 Å². The quantitative estimate of drug-likeness (QED) is 0.496. The maximum absolute atomic E-state index is 12.7. The molecule has 0 radical (unpaired) electrons. The molecule has 0 aliphatic carbocycles. The number of carbonyl (C=O) groups excluding carboxylic acids is 1. The number of benzene rings is 1. The molecule has 156 valence electrons. The molecule has 1 aromatic rings. The van der Waals surface area contributed by atoms with E-state index in [0.717, 1.165) is 5.56 Å². The second-order valence-electron chi connectivity index (χ2n) is 9.58. The van der Waals surface area contributed by atoms with Gasteiger partial charge in [-0.15, -0.1) is 0 Å². The molecule has 28 heavy (non-hydrogen) atoms. The van der Waals surface area contributed by atoms with Crippen molar-refractivity contribution in [3.63, 3.8) is 0 Å². The van der Waals surface area contributed by atoms with E-state index >= 15 is 0 Å². The van der Waals surface area contributed by atoms with Crippen molar-refractivity contribution in [1.29, 1.82) is 0 Å². The van der Waals surface area contributed by atoms with Crippen LogP contribution in [-0.2, 0) is 14.0 Å². The first-order chi connectivity index (χ1) is 12.9. The molecule has 6 heteroatoms. The van der Waals surface area contributed by atoms with Crippen LogP contribution in [0.4, 0.5) is 0 Å². The molecule has 1 amide bonds. The first kappa shape index (κ1) is 22.6. The molecular formula is C22H35NO4Si. The molecule has 0 unspecified atom stereocenters. The average Bonchev–Trinajstić information content (AvgIpc) is 2.96. The number of rotatable bonds is 8. The van der Waals surface area contributed by atoms with Crippen molar-refractivity contribution in [2.45, 2.75) is 71.1 Å². The highest BCUT2D eigenvalue weighted by molar-refractivity contribution is 6.74. The van der Waals surface area contributed by atoms with Crippen molar-refractivity contribution in [3.05, 3.63) is 35.9 Å². The number of carboxylic acid groups (broad SMARTS) is 1. The van der Waals surface area contributed by atoms with Crippen LogP contribution in [0.1, 0.15) is 58.6 Å². The van der Waals surface area contributed by atoms with E-state index in [-0.39, 0.29) is 30.0 Å². The molecule has 0 saturated carbocycles. The van der Waals surface area contributed by atoms with Gasteiger partial charge in [0.25, 0.3) is 0 Å². The molecule has 2 atom stereocenters. The van der Waals surface area contributed by atoms with Gasteiger partial charge in [0.2, 0.25) is 5.91 Å². The van der Waals surface area contributed by atoms with Crippen LogP contribution in [0.5, 0.6) is 0 Å². The molecule has 0 aromatic heterocycles. The molecular weight excluding hydrogens is 370 g/mol. The molecule has 1 aromatic carbocycles. The summed E-state index contributed by atoms with van der Waals surface area (Å²) in [7, 11) is -1.85. The van der Waals surface area contributed by atoms with E-state index in [9.17, 15) is 14.7 Å². The Morgan fingerprint density at radius 1 is 1.29 bits per heavy atom. The third-order valence-electron chi connectivity index (χ3n) is 6.55. The standard InChI is InChI=1S/C22H35NO4Si/c1-17(18-11-8-7-9-12-18)23-16-22(20(25)26,15-19(23)24)13-10-14-27-28(5,6)21(2,3)4/h7-9,11-12,17H,10,13-16H2,1-6H3,(H,25,26)/t17-,22+/m1/s1. The lowest BCUT2D eigenvalue weighted by atomic mass is 9.82. The van der Waals surface area contributed by atoms with E-state index in [1.165, 1.54) is 0 Å². The van der Waals surface area contributed by atoms with Gasteiger partial charge in [-0.25, -0.2) is 0 Å². The van der Waals surface area contributed by atoms with E-state index in [1.54, 1.807) is 4.90 Å². The number of carbonyl (C=O) groups is 2. The minimum absolute atomic E-state index is 0.0690. The Morgan fingerprint density at radius 3 is 2.43 bits per heavy atom. The monoisotopic (exact) mass is 405 g/mol. The first-order valence-corrected chi connectivity index (χ1v) is 13.0. The highest BCUT2D eigenvalue weighted by Crippen LogP contribution is 2.41. The summed E-state index contributed by atoms with van der Waals surface area (Å²) in [6.07, 6.45) is 1.18. The largest absolute Gasteiger partial charge is 0.481 e. The summed E-state index contributed by atoms with van der Waals surface area (Å²) in [6, 6.07) is 9.64. The third-order valence-corrected chi connectivity index (χ3v) is 11.1. The molecule has 1 aliphatic heterocycles. The fourth-order valence-corrected chi connectivity index (χ4v) is 4.59. The molecule has 1 fully saturated rings. The van der Waals surface area contributed by atoms with Crippen LogP contribution < -0.4 is 0 Å². The van der Waals surface area contributed by atoms with Gasteiger partial charge < -0.3 is 14.4 Å². The number of hydrogen-bond donors (Lipinski definition) is 1. The van der Waals surface area contributed by atoms with Crippen molar-refractivity contribution in [3.8, 4) is 0 Å². The summed E-state index contributed by atoms with van der Waals surface area (Å²) >= 11 is 0. The molecule has 0 spiro atoms. The summed E-state index contributed by atoms with van der Waals surface area (Å²) in [4.78, 5) is 26.5. The number of hydrogen-bond acceptors (Lipinski definition) is 3. The van der Waals surface area contributed by atoms with Crippen LogP contribution in [0, 0.1) is 5.41 Å². The van der Waals surface area contributed by atoms with Gasteiger partial charge in [0, 0.05) is 19.6 Å². The highest BCUT2D eigenvalue weighted by atomic mass is 28.4. The van der Waals surface area contributed by atoms with Crippen LogP contribution in [0.2, 0.25) is 18.1 Å². The number of likely N-dealkylation sites (tertiary alicyclic amines) is 1. The molecule has 2 rings (SSSR count). The summed E-state index contributed by atoms with van der Waals surface area (Å²) < 4.78 is 6.20. The fourth-order valence-electron chi connectivity index (χ4n) is 3.50. The van der Waals surface area contributed by atoms with Crippen molar-refractivity contribution >= 4 is 20.2 Å². The fraction of sp³-hybridized carbons (Fsp3) is 0.636. The Morgan fingerprint density at radius 2 is 1.89 bits per heavy atom. The molecule has 1 N–H and O–H groups in total. The lowest BCUT2D eigenvalue weighted by Gasteiger charge is -2.36. The Kier molecular flexibility index (Phi) is 6.76. The molecule has 1 saturated heterocycles. The van der Waals surface area contributed by atoms with E-state index in [2.05, 4.69) is 33.9 Å². The second kappa shape index (κ2) is 8.37. The van der Waals surface area contributed by atoms with E-state index < -0.39 is 19.7 Å². The van der Waals surface area contributed by atoms with Gasteiger partial charge in [0.15, 0.2) is 8.32 Å². The van der Waals surface area contributed by atoms with Gasteiger partial charge in [0.1, 0.15) is 0 Å². The third kappa shape index (κ3) is 4.84. The maximum atomic E-state index is 12.7. The zero-order valence-corrected chi connectivity index (χ0v) is 19.1. The average molecular weight is 406 g/mol. The lowest BCUT2D eigenvalue weighted by molar-refractivity contribution is -0.149. The predicted octanol–water partition coefficient (Wildman–Crippen LogP) is 4.85. The van der Waals surface area contributed by atoms with Crippen molar-refractivity contribution in [1.82, 2.24) is 4.90 Å². The normalized spacial score (nSPS) is 21.8. The zero-order valence-electron chi connectivity index (χ0n) is 18.1. The Bertz CT molecular complexity index is 698. The van der Waals surface area contributed by atoms with Crippen LogP contribution in [-0.4, -0.2) is 43.4 Å². The van der Waals surface area contributed by atoms with Crippen LogP contribution >= 0.6 is 0 Å². The smallest absolute Gasteiger partial charge is 0.311 e.